The molecule has 1 saturated heterocycles. The first-order valence-electron chi connectivity index (χ1n) is 14.8. The molecule has 2 unspecified atom stereocenters. The third-order valence-corrected chi connectivity index (χ3v) is 8.37. The van der Waals surface area contributed by atoms with Crippen LogP contribution in [0.25, 0.3) is 22.5 Å². The monoisotopic (exact) mass is 596 g/mol. The van der Waals surface area contributed by atoms with Crippen LogP contribution >= 0.6 is 0 Å². The number of amides is 1. The molecule has 6 heterocycles. The third kappa shape index (κ3) is 5.00. The fraction of sp³-hybridized carbons (Fsp3) is 0.419. The lowest BCUT2D eigenvalue weighted by Crippen LogP contribution is -2.59. The maximum atomic E-state index is 16.0. The molecule has 6 rings (SSSR count). The fourth-order valence-corrected chi connectivity index (χ4v) is 6.21. The zero-order valence-electron chi connectivity index (χ0n) is 24.9. The number of halogens is 1. The summed E-state index contributed by atoms with van der Waals surface area (Å²) in [7, 11) is 0. The number of fused-ring (bicyclic) bond motifs is 6. The van der Waals surface area contributed by atoms with Gasteiger partial charge in [-0.1, -0.05) is 25.6 Å². The number of piperazine rings is 1. The number of nitriles is 1. The van der Waals surface area contributed by atoms with E-state index in [0.29, 0.717) is 29.6 Å². The molecule has 4 bridgehead atoms. The summed E-state index contributed by atoms with van der Waals surface area (Å²) in [5.74, 6) is -0.817. The van der Waals surface area contributed by atoms with E-state index < -0.39 is 17.5 Å². The Morgan fingerprint density at radius 3 is 2.77 bits per heavy atom. The van der Waals surface area contributed by atoms with Crippen molar-refractivity contribution in [3.63, 3.8) is 0 Å². The summed E-state index contributed by atoms with van der Waals surface area (Å²) in [5, 5.41) is 18.2. The van der Waals surface area contributed by atoms with Crippen molar-refractivity contribution in [1.82, 2.24) is 39.4 Å². The Morgan fingerprint density at radius 1 is 1.23 bits per heavy atom. The number of rotatable bonds is 4. The van der Waals surface area contributed by atoms with Crippen molar-refractivity contribution in [2.24, 2.45) is 0 Å². The third-order valence-electron chi connectivity index (χ3n) is 8.37. The van der Waals surface area contributed by atoms with E-state index in [0.717, 1.165) is 24.1 Å². The van der Waals surface area contributed by atoms with Crippen LogP contribution in [0, 0.1) is 17.1 Å². The van der Waals surface area contributed by atoms with E-state index in [1.165, 1.54) is 21.4 Å². The number of carbonyl (C=O) groups excluding carboxylic acids is 1. The van der Waals surface area contributed by atoms with Gasteiger partial charge >= 0.3 is 5.69 Å². The number of nitrogens with zero attached hydrogens (tertiary/aromatic N) is 10. The van der Waals surface area contributed by atoms with Gasteiger partial charge in [-0.2, -0.15) is 14.9 Å². The lowest BCUT2D eigenvalue weighted by atomic mass is 9.99. The molecule has 2 atom stereocenters. The highest BCUT2D eigenvalue weighted by Gasteiger charge is 2.36. The molecule has 4 aromatic rings. The predicted octanol–water partition coefficient (Wildman–Crippen LogP) is 3.40. The van der Waals surface area contributed by atoms with E-state index in [-0.39, 0.29) is 54.7 Å². The molecule has 2 aliphatic rings. The zero-order valence-corrected chi connectivity index (χ0v) is 24.9. The van der Waals surface area contributed by atoms with Gasteiger partial charge in [0.1, 0.15) is 5.82 Å². The Kier molecular flexibility index (Phi) is 7.67. The number of aromatic nitrogens is 7. The van der Waals surface area contributed by atoms with Crippen molar-refractivity contribution in [2.75, 3.05) is 18.0 Å². The van der Waals surface area contributed by atoms with Crippen molar-refractivity contribution in [3.05, 3.63) is 70.4 Å². The first-order valence-corrected chi connectivity index (χ1v) is 14.8. The highest BCUT2D eigenvalue weighted by atomic mass is 19.1. The molecular weight excluding hydrogens is 563 g/mol. The van der Waals surface area contributed by atoms with Crippen LogP contribution in [0.2, 0.25) is 0 Å². The smallest absolute Gasteiger partial charge is 0.349 e. The minimum Gasteiger partial charge on any atom is -0.349 e. The summed E-state index contributed by atoms with van der Waals surface area (Å²) in [4.78, 5) is 44.3. The average molecular weight is 597 g/mol. The molecule has 1 amide bonds. The van der Waals surface area contributed by atoms with Crippen LogP contribution in [0.1, 0.15) is 62.9 Å². The maximum Gasteiger partial charge on any atom is 0.355 e. The molecule has 226 valence electrons. The number of carbonyl (C=O) groups is 1. The summed E-state index contributed by atoms with van der Waals surface area (Å²) in [6.45, 7) is 9.99. The largest absolute Gasteiger partial charge is 0.355 e. The van der Waals surface area contributed by atoms with E-state index in [1.807, 2.05) is 31.7 Å². The molecule has 0 aliphatic carbocycles. The summed E-state index contributed by atoms with van der Waals surface area (Å²) in [5.41, 5.74) is 2.59. The second-order valence-corrected chi connectivity index (χ2v) is 11.7. The normalized spacial score (nSPS) is 18.4. The van der Waals surface area contributed by atoms with E-state index in [1.54, 1.807) is 17.3 Å². The topological polar surface area (TPSA) is 139 Å². The number of hydrogen-bond acceptors (Lipinski definition) is 9. The number of hydrogen-bond donors (Lipinski definition) is 0. The quantitative estimate of drug-likeness (QED) is 0.324. The van der Waals surface area contributed by atoms with Gasteiger partial charge in [0.25, 0.3) is 0 Å². The average Bonchev–Trinajstić information content (AvgIpc) is 3.48. The van der Waals surface area contributed by atoms with Crippen LogP contribution in [0.5, 0.6) is 0 Å². The zero-order chi connectivity index (χ0) is 31.1. The predicted molar refractivity (Wildman–Crippen MR) is 161 cm³/mol. The van der Waals surface area contributed by atoms with Gasteiger partial charge in [0, 0.05) is 25.3 Å². The molecule has 44 heavy (non-hydrogen) atoms. The van der Waals surface area contributed by atoms with Crippen LogP contribution in [0.15, 0.2) is 42.0 Å². The van der Waals surface area contributed by atoms with Gasteiger partial charge in [0.2, 0.25) is 5.91 Å². The van der Waals surface area contributed by atoms with Gasteiger partial charge in [-0.05, 0) is 62.3 Å². The van der Waals surface area contributed by atoms with Crippen LogP contribution in [-0.2, 0) is 17.6 Å². The maximum absolute atomic E-state index is 16.0. The van der Waals surface area contributed by atoms with Crippen molar-refractivity contribution >= 4 is 22.8 Å². The van der Waals surface area contributed by atoms with E-state index in [9.17, 15) is 14.9 Å². The molecule has 13 heteroatoms. The van der Waals surface area contributed by atoms with Gasteiger partial charge in [0.05, 0.1) is 47.2 Å². The fourth-order valence-electron chi connectivity index (χ4n) is 6.21. The van der Waals surface area contributed by atoms with Crippen LogP contribution in [0.4, 0.5) is 10.2 Å². The Labute approximate surface area is 253 Å². The summed E-state index contributed by atoms with van der Waals surface area (Å²) in [6.07, 6.45) is 7.73. The number of aryl methyl sites for hydroxylation is 2. The molecule has 12 nitrogen and oxygen atoms in total. The molecular formula is C31H33FN10O2. The molecule has 0 spiro atoms. The highest BCUT2D eigenvalue weighted by molar-refractivity contribution is 5.90. The highest BCUT2D eigenvalue weighted by Crippen LogP contribution is 2.33. The number of pyridine rings is 2. The molecule has 4 aromatic heterocycles. The molecule has 0 radical (unpaired) electrons. The van der Waals surface area contributed by atoms with Crippen molar-refractivity contribution in [2.45, 2.75) is 70.9 Å². The van der Waals surface area contributed by atoms with Gasteiger partial charge in [0.15, 0.2) is 17.3 Å². The summed E-state index contributed by atoms with van der Waals surface area (Å²) >= 11 is 0. The number of anilines is 1. The Morgan fingerprint density at radius 2 is 2.02 bits per heavy atom. The first kappa shape index (κ1) is 29.1. The lowest BCUT2D eigenvalue weighted by molar-refractivity contribution is -0.129. The van der Waals surface area contributed by atoms with Crippen LogP contribution < -0.4 is 10.6 Å². The van der Waals surface area contributed by atoms with E-state index >= 15 is 4.39 Å². The van der Waals surface area contributed by atoms with Crippen molar-refractivity contribution in [1.29, 1.82) is 5.26 Å². The minimum absolute atomic E-state index is 0.0260. The minimum atomic E-state index is -0.658. The molecule has 0 aromatic carbocycles. The summed E-state index contributed by atoms with van der Waals surface area (Å²) in [6, 6.07) is 4.60. The molecule has 2 aliphatic heterocycles. The Balaban J connectivity index is 1.64. The van der Waals surface area contributed by atoms with E-state index in [4.69, 9.17) is 4.98 Å². The van der Waals surface area contributed by atoms with Crippen LogP contribution in [0.3, 0.4) is 0 Å². The Hall–Kier alpha value is -4.99. The second kappa shape index (κ2) is 11.6. The molecule has 0 N–H and O–H groups in total. The second-order valence-electron chi connectivity index (χ2n) is 11.7. The van der Waals surface area contributed by atoms with E-state index in [2.05, 4.69) is 32.9 Å². The molecule has 1 fully saturated rings. The van der Waals surface area contributed by atoms with Crippen molar-refractivity contribution in [3.8, 4) is 17.6 Å². The molecule has 0 saturated carbocycles. The summed E-state index contributed by atoms with van der Waals surface area (Å²) < 4.78 is 18.7. The van der Waals surface area contributed by atoms with Gasteiger partial charge in [-0.3, -0.25) is 9.78 Å². The SMILES string of the molecule is C=CC(=O)N1CC(C)N(c2nc(=O)n3c4nc(c(F)cc24)-n2cc(nn2)CCCCc2ccnc(C(C)C)c2-3)CC1CC#N. The first-order chi connectivity index (χ1) is 21.2. The Bertz CT molecular complexity index is 1870. The van der Waals surface area contributed by atoms with Crippen molar-refractivity contribution < 1.29 is 9.18 Å². The van der Waals surface area contributed by atoms with Gasteiger partial charge < -0.3 is 9.80 Å². The van der Waals surface area contributed by atoms with Gasteiger partial charge in [-0.25, -0.2) is 18.7 Å². The van der Waals surface area contributed by atoms with Gasteiger partial charge in [-0.15, -0.1) is 5.10 Å². The standard InChI is InChI=1S/C31H33FN10O2/c1-5-25(43)40-15-19(4)39(17-22(40)10-12-33)28-23-14-24(32)30-35-29(23)42(31(44)36-28)27-20(11-13-34-26(27)18(2)3)8-6-7-9-21-16-41(30)38-37-21/h5,11,13-14,16,18-19,22H,1,6-10,15,17H2,2-4H3. The van der Waals surface area contributed by atoms with Crippen LogP contribution in [-0.4, -0.2) is 70.5 Å². The lowest BCUT2D eigenvalue weighted by Gasteiger charge is -2.45.